The molecule has 34 heavy (non-hydrogen) atoms. The summed E-state index contributed by atoms with van der Waals surface area (Å²) in [6, 6.07) is 9.19. The quantitative estimate of drug-likeness (QED) is 0.562. The van der Waals surface area contributed by atoms with Gasteiger partial charge in [0.1, 0.15) is 6.04 Å². The molecule has 186 valence electrons. The van der Waals surface area contributed by atoms with Crippen molar-refractivity contribution in [2.45, 2.75) is 45.1 Å². The van der Waals surface area contributed by atoms with Crippen LogP contribution >= 0.6 is 11.6 Å². The molecule has 0 aromatic heterocycles. The Morgan fingerprint density at radius 2 is 1.79 bits per heavy atom. The second kappa shape index (κ2) is 10.5. The van der Waals surface area contributed by atoms with E-state index >= 15 is 0 Å². The first-order chi connectivity index (χ1) is 15.9. The molecule has 1 N–H and O–H groups in total. The SMILES string of the molecule is C[C@H](C(=O)NCc1cccc(CN2CCCC2)c1)N(c1ccc(Cl)c(C(F)(F)F)c1)S(C)(=O)=O. The smallest absolute Gasteiger partial charge is 0.350 e. The van der Waals surface area contributed by atoms with Crippen LogP contribution < -0.4 is 9.62 Å². The van der Waals surface area contributed by atoms with Crippen LogP contribution in [0, 0.1) is 0 Å². The number of sulfonamides is 1. The van der Waals surface area contributed by atoms with Gasteiger partial charge in [0.25, 0.3) is 0 Å². The Balaban J connectivity index is 1.75. The maximum absolute atomic E-state index is 13.3. The van der Waals surface area contributed by atoms with Gasteiger partial charge in [-0.3, -0.25) is 14.0 Å². The third-order valence-electron chi connectivity index (χ3n) is 5.66. The lowest BCUT2D eigenvalue weighted by Gasteiger charge is -2.29. The fraction of sp³-hybridized carbons (Fsp3) is 0.435. The third-order valence-corrected chi connectivity index (χ3v) is 7.23. The first-order valence-electron chi connectivity index (χ1n) is 10.8. The summed E-state index contributed by atoms with van der Waals surface area (Å²) in [5.41, 5.74) is 0.478. The summed E-state index contributed by atoms with van der Waals surface area (Å²) < 4.78 is 65.4. The van der Waals surface area contributed by atoms with Gasteiger partial charge in [-0.1, -0.05) is 35.9 Å². The molecule has 1 heterocycles. The van der Waals surface area contributed by atoms with E-state index in [0.29, 0.717) is 10.4 Å². The van der Waals surface area contributed by atoms with E-state index in [2.05, 4.69) is 10.2 Å². The number of alkyl halides is 3. The van der Waals surface area contributed by atoms with Crippen LogP contribution in [0.4, 0.5) is 18.9 Å². The lowest BCUT2D eigenvalue weighted by Crippen LogP contribution is -2.47. The van der Waals surface area contributed by atoms with Crippen molar-refractivity contribution in [1.29, 1.82) is 0 Å². The van der Waals surface area contributed by atoms with Crippen LogP contribution in [-0.2, 0) is 34.1 Å². The van der Waals surface area contributed by atoms with Gasteiger partial charge in [0.15, 0.2) is 0 Å². The van der Waals surface area contributed by atoms with E-state index < -0.39 is 38.7 Å². The van der Waals surface area contributed by atoms with E-state index in [1.54, 1.807) is 0 Å². The summed E-state index contributed by atoms with van der Waals surface area (Å²) >= 11 is 5.66. The maximum atomic E-state index is 13.3. The van der Waals surface area contributed by atoms with Gasteiger partial charge in [-0.05, 0) is 62.2 Å². The van der Waals surface area contributed by atoms with Crippen molar-refractivity contribution >= 4 is 33.2 Å². The standard InChI is InChI=1S/C23H27ClF3N3O3S/c1-16(30(34(2,32)33)19-8-9-21(24)20(13-19)23(25,26)27)22(31)28-14-17-6-5-7-18(12-17)15-29-10-3-4-11-29/h5-9,12-13,16H,3-4,10-11,14-15H2,1-2H3,(H,28,31)/t16-/m1/s1. The lowest BCUT2D eigenvalue weighted by molar-refractivity contribution is -0.137. The maximum Gasteiger partial charge on any atom is 0.417 e. The van der Waals surface area contributed by atoms with Crippen molar-refractivity contribution in [3.8, 4) is 0 Å². The summed E-state index contributed by atoms with van der Waals surface area (Å²) in [5, 5.41) is 2.13. The number of anilines is 1. The van der Waals surface area contributed by atoms with Gasteiger partial charge in [-0.25, -0.2) is 8.42 Å². The van der Waals surface area contributed by atoms with Crippen molar-refractivity contribution in [3.05, 3.63) is 64.2 Å². The van der Waals surface area contributed by atoms with Crippen LogP contribution in [0.15, 0.2) is 42.5 Å². The van der Waals surface area contributed by atoms with Crippen LogP contribution in [0.25, 0.3) is 0 Å². The number of nitrogens with zero attached hydrogens (tertiary/aromatic N) is 2. The van der Waals surface area contributed by atoms with Crippen molar-refractivity contribution in [2.75, 3.05) is 23.7 Å². The number of halogens is 4. The van der Waals surface area contributed by atoms with E-state index in [1.165, 1.54) is 19.8 Å². The zero-order valence-corrected chi connectivity index (χ0v) is 20.5. The predicted molar refractivity (Wildman–Crippen MR) is 126 cm³/mol. The molecule has 0 unspecified atom stereocenters. The Morgan fingerprint density at radius 1 is 1.15 bits per heavy atom. The largest absolute Gasteiger partial charge is 0.417 e. The highest BCUT2D eigenvalue weighted by atomic mass is 35.5. The number of carbonyl (C=O) groups is 1. The molecule has 0 radical (unpaired) electrons. The highest BCUT2D eigenvalue weighted by Gasteiger charge is 2.36. The first-order valence-corrected chi connectivity index (χ1v) is 13.0. The minimum atomic E-state index is -4.78. The highest BCUT2D eigenvalue weighted by molar-refractivity contribution is 7.92. The van der Waals surface area contributed by atoms with E-state index in [1.807, 2.05) is 24.3 Å². The number of hydrogen-bond donors (Lipinski definition) is 1. The molecule has 3 rings (SSSR count). The average molecular weight is 518 g/mol. The number of hydrogen-bond acceptors (Lipinski definition) is 4. The molecule has 1 saturated heterocycles. The Labute approximate surface area is 202 Å². The van der Waals surface area contributed by atoms with Gasteiger partial charge in [0.2, 0.25) is 15.9 Å². The number of carbonyl (C=O) groups excluding carboxylic acids is 1. The zero-order chi connectivity index (χ0) is 25.1. The number of rotatable bonds is 8. The number of likely N-dealkylation sites (tertiary alicyclic amines) is 1. The Morgan fingerprint density at radius 3 is 2.41 bits per heavy atom. The predicted octanol–water partition coefficient (Wildman–Crippen LogP) is 4.43. The van der Waals surface area contributed by atoms with Gasteiger partial charge < -0.3 is 5.32 Å². The molecule has 0 saturated carbocycles. The van der Waals surface area contributed by atoms with Crippen molar-refractivity contribution in [2.24, 2.45) is 0 Å². The summed E-state index contributed by atoms with van der Waals surface area (Å²) in [6.07, 6.45) is -1.58. The Bertz CT molecular complexity index is 1140. The fourth-order valence-electron chi connectivity index (χ4n) is 4.05. The van der Waals surface area contributed by atoms with Crippen molar-refractivity contribution in [3.63, 3.8) is 0 Å². The van der Waals surface area contributed by atoms with Crippen LogP contribution in [0.3, 0.4) is 0 Å². The molecular weight excluding hydrogens is 491 g/mol. The van der Waals surface area contributed by atoms with Crippen LogP contribution in [-0.4, -0.2) is 44.6 Å². The third kappa shape index (κ3) is 6.64. The van der Waals surface area contributed by atoms with E-state index in [-0.39, 0.29) is 12.2 Å². The lowest BCUT2D eigenvalue weighted by atomic mass is 10.1. The number of benzene rings is 2. The summed E-state index contributed by atoms with van der Waals surface area (Å²) in [7, 11) is -4.08. The van der Waals surface area contributed by atoms with Gasteiger partial charge in [-0.2, -0.15) is 13.2 Å². The highest BCUT2D eigenvalue weighted by Crippen LogP contribution is 2.37. The Hall–Kier alpha value is -2.30. The number of nitrogens with one attached hydrogen (secondary N) is 1. The summed E-state index contributed by atoms with van der Waals surface area (Å²) in [6.45, 7) is 4.41. The summed E-state index contributed by atoms with van der Waals surface area (Å²) in [5.74, 6) is -0.640. The van der Waals surface area contributed by atoms with Crippen LogP contribution in [0.5, 0.6) is 0 Å². The van der Waals surface area contributed by atoms with E-state index in [0.717, 1.165) is 49.1 Å². The molecule has 1 aliphatic heterocycles. The normalized spacial score (nSPS) is 15.8. The number of amides is 1. The van der Waals surface area contributed by atoms with Gasteiger partial charge in [-0.15, -0.1) is 0 Å². The zero-order valence-electron chi connectivity index (χ0n) is 18.9. The van der Waals surface area contributed by atoms with Crippen LogP contribution in [0.1, 0.15) is 36.5 Å². The van der Waals surface area contributed by atoms with E-state index in [4.69, 9.17) is 11.6 Å². The minimum Gasteiger partial charge on any atom is -0.350 e. The molecule has 6 nitrogen and oxygen atoms in total. The molecule has 0 aliphatic carbocycles. The van der Waals surface area contributed by atoms with Crippen LogP contribution in [0.2, 0.25) is 5.02 Å². The van der Waals surface area contributed by atoms with Crippen molar-refractivity contribution in [1.82, 2.24) is 10.2 Å². The molecule has 2 aromatic carbocycles. The average Bonchev–Trinajstić information content (AvgIpc) is 3.24. The Kier molecular flexibility index (Phi) is 8.15. The molecule has 0 spiro atoms. The van der Waals surface area contributed by atoms with Gasteiger partial charge >= 0.3 is 6.18 Å². The minimum absolute atomic E-state index is 0.156. The van der Waals surface area contributed by atoms with Gasteiger partial charge in [0.05, 0.1) is 22.5 Å². The second-order valence-electron chi connectivity index (χ2n) is 8.42. The first kappa shape index (κ1) is 26.3. The molecule has 2 aromatic rings. The van der Waals surface area contributed by atoms with E-state index in [9.17, 15) is 26.4 Å². The fourth-order valence-corrected chi connectivity index (χ4v) is 5.44. The topological polar surface area (TPSA) is 69.7 Å². The monoisotopic (exact) mass is 517 g/mol. The van der Waals surface area contributed by atoms with Crippen molar-refractivity contribution < 1.29 is 26.4 Å². The molecule has 1 atom stereocenters. The van der Waals surface area contributed by atoms with Gasteiger partial charge in [0, 0.05) is 13.1 Å². The molecule has 1 amide bonds. The molecule has 11 heteroatoms. The summed E-state index contributed by atoms with van der Waals surface area (Å²) in [4.78, 5) is 15.2. The molecule has 0 bridgehead atoms. The second-order valence-corrected chi connectivity index (χ2v) is 10.7. The molecular formula is C23H27ClF3N3O3S. The molecule has 1 aliphatic rings. The molecule has 1 fully saturated rings.